The molecule has 0 bridgehead atoms. The first-order valence-electron chi connectivity index (χ1n) is 11.7. The van der Waals surface area contributed by atoms with Gasteiger partial charge in [0.2, 0.25) is 0 Å². The zero-order valence-electron chi connectivity index (χ0n) is 20.3. The van der Waals surface area contributed by atoms with Crippen LogP contribution >= 0.6 is 23.2 Å². The van der Waals surface area contributed by atoms with Crippen LogP contribution in [0.4, 0.5) is 5.82 Å². The molecule has 1 amide bonds. The summed E-state index contributed by atoms with van der Waals surface area (Å²) in [5.41, 5.74) is 1.30. The summed E-state index contributed by atoms with van der Waals surface area (Å²) in [6.07, 6.45) is 3.47. The van der Waals surface area contributed by atoms with Gasteiger partial charge in [0.1, 0.15) is 5.82 Å². The van der Waals surface area contributed by atoms with Crippen molar-refractivity contribution in [2.24, 2.45) is 5.92 Å². The molecule has 3 heterocycles. The Kier molecular flexibility index (Phi) is 7.59. The molecule has 4 rings (SSSR count). The molecule has 1 aliphatic heterocycles. The summed E-state index contributed by atoms with van der Waals surface area (Å²) < 4.78 is 28.4. The summed E-state index contributed by atoms with van der Waals surface area (Å²) in [4.78, 5) is 23.9. The van der Waals surface area contributed by atoms with Crippen LogP contribution in [0, 0.1) is 5.92 Å². The third-order valence-electron chi connectivity index (χ3n) is 6.34. The van der Waals surface area contributed by atoms with Gasteiger partial charge in [0.25, 0.3) is 15.9 Å². The zero-order chi connectivity index (χ0) is 26.1. The van der Waals surface area contributed by atoms with E-state index in [9.17, 15) is 13.2 Å². The van der Waals surface area contributed by atoms with Crippen LogP contribution in [0.25, 0.3) is 0 Å². The lowest BCUT2D eigenvalue weighted by Gasteiger charge is -2.33. The summed E-state index contributed by atoms with van der Waals surface area (Å²) in [6, 6.07) is 13.2. The molecule has 1 fully saturated rings. The molecule has 1 aliphatic rings. The number of aryl methyl sites for hydroxylation is 1. The van der Waals surface area contributed by atoms with Crippen LogP contribution in [0.3, 0.4) is 0 Å². The number of amides is 1. The normalized spacial score (nSPS) is 17.2. The van der Waals surface area contributed by atoms with Crippen molar-refractivity contribution in [3.8, 4) is 0 Å². The second-order valence-electron chi connectivity index (χ2n) is 9.71. The molecule has 1 saturated heterocycles. The molecule has 1 aromatic carbocycles. The van der Waals surface area contributed by atoms with Crippen molar-refractivity contribution in [1.82, 2.24) is 14.7 Å². The maximum absolute atomic E-state index is 13.2. The van der Waals surface area contributed by atoms with E-state index in [1.807, 2.05) is 0 Å². The summed E-state index contributed by atoms with van der Waals surface area (Å²) in [5.74, 6) is 0.149. The molecule has 7 nitrogen and oxygen atoms in total. The van der Waals surface area contributed by atoms with Crippen LogP contribution in [-0.2, 0) is 22.9 Å². The van der Waals surface area contributed by atoms with Gasteiger partial charge in [0.15, 0.2) is 5.03 Å². The number of sulfonamides is 1. The van der Waals surface area contributed by atoms with Gasteiger partial charge >= 0.3 is 0 Å². The fourth-order valence-corrected chi connectivity index (χ4v) is 6.29. The van der Waals surface area contributed by atoms with E-state index < -0.39 is 15.9 Å². The predicted octanol–water partition coefficient (Wildman–Crippen LogP) is 5.31. The second-order valence-corrected chi connectivity index (χ2v) is 12.2. The van der Waals surface area contributed by atoms with Crippen molar-refractivity contribution < 1.29 is 13.2 Å². The number of hydrogen-bond donors (Lipinski definition) is 1. The number of nitrogens with one attached hydrogen (secondary N) is 1. The molecule has 190 valence electrons. The Morgan fingerprint density at radius 3 is 2.44 bits per heavy atom. The lowest BCUT2D eigenvalue weighted by molar-refractivity contribution is 0.0981. The van der Waals surface area contributed by atoms with E-state index in [0.717, 1.165) is 18.5 Å². The predicted molar refractivity (Wildman–Crippen MR) is 142 cm³/mol. The largest absolute Gasteiger partial charge is 0.351 e. The molecule has 2 aromatic heterocycles. The molecule has 1 N–H and O–H groups in total. The number of hydrogen-bond acceptors (Lipinski definition) is 6. The van der Waals surface area contributed by atoms with Crippen molar-refractivity contribution >= 4 is 45.0 Å². The molecule has 0 spiro atoms. The number of anilines is 1. The lowest BCUT2D eigenvalue weighted by Crippen LogP contribution is -2.41. The van der Waals surface area contributed by atoms with Gasteiger partial charge in [-0.15, -0.1) is 0 Å². The minimum absolute atomic E-state index is 0.202. The van der Waals surface area contributed by atoms with Gasteiger partial charge in [-0.3, -0.25) is 4.79 Å². The number of benzene rings is 1. The van der Waals surface area contributed by atoms with E-state index in [1.165, 1.54) is 6.07 Å². The Morgan fingerprint density at radius 1 is 1.08 bits per heavy atom. The highest BCUT2D eigenvalue weighted by Gasteiger charge is 2.39. The smallest absolute Gasteiger partial charge is 0.281 e. The summed E-state index contributed by atoms with van der Waals surface area (Å²) in [6.45, 7) is 7.06. The Hall–Kier alpha value is -2.68. The van der Waals surface area contributed by atoms with Crippen molar-refractivity contribution in [1.29, 1.82) is 0 Å². The van der Waals surface area contributed by atoms with Crippen LogP contribution in [0.15, 0.2) is 59.8 Å². The van der Waals surface area contributed by atoms with Crippen LogP contribution in [0.1, 0.15) is 48.8 Å². The van der Waals surface area contributed by atoms with Crippen LogP contribution in [-0.4, -0.2) is 36.4 Å². The Bertz CT molecular complexity index is 1380. The van der Waals surface area contributed by atoms with E-state index >= 15 is 0 Å². The van der Waals surface area contributed by atoms with Crippen molar-refractivity contribution in [2.45, 2.75) is 50.6 Å². The molecular formula is C26H28Cl2N4O3S. The standard InChI is InChI=1S/C26H28Cl2N4O3S/c1-17-15-26(2,3)32(16-17)24-20(8-6-14-29-24)25(33)31-36(34,35)23-11-4-7-18(30-23)12-13-19-21(27)9-5-10-22(19)28/h4-11,14,17H,12-13,15-16H2,1-3H3,(H,31,33). The average Bonchev–Trinajstić information content (AvgIpc) is 3.10. The topological polar surface area (TPSA) is 92.3 Å². The molecule has 3 aromatic rings. The summed E-state index contributed by atoms with van der Waals surface area (Å²) in [5, 5.41) is 0.849. The fraction of sp³-hybridized carbons (Fsp3) is 0.346. The highest BCUT2D eigenvalue weighted by atomic mass is 35.5. The minimum atomic E-state index is -4.22. The maximum atomic E-state index is 13.2. The first-order valence-corrected chi connectivity index (χ1v) is 13.9. The Morgan fingerprint density at radius 2 is 1.78 bits per heavy atom. The van der Waals surface area contributed by atoms with Crippen LogP contribution in [0.5, 0.6) is 0 Å². The number of aromatic nitrogens is 2. The number of carbonyl (C=O) groups excluding carboxylic acids is 1. The highest BCUT2D eigenvalue weighted by Crippen LogP contribution is 2.37. The molecular weight excluding hydrogens is 519 g/mol. The highest BCUT2D eigenvalue weighted by molar-refractivity contribution is 7.90. The zero-order valence-corrected chi connectivity index (χ0v) is 22.7. The summed E-state index contributed by atoms with van der Waals surface area (Å²) in [7, 11) is -4.22. The average molecular weight is 548 g/mol. The third kappa shape index (κ3) is 5.66. The minimum Gasteiger partial charge on any atom is -0.351 e. The quantitative estimate of drug-likeness (QED) is 0.431. The fourth-order valence-electron chi connectivity index (χ4n) is 4.75. The van der Waals surface area contributed by atoms with E-state index in [2.05, 4.69) is 40.4 Å². The second kappa shape index (κ2) is 10.4. The molecule has 1 unspecified atom stereocenters. The van der Waals surface area contributed by atoms with E-state index in [1.54, 1.807) is 48.7 Å². The number of carbonyl (C=O) groups is 1. The van der Waals surface area contributed by atoms with Crippen molar-refractivity contribution in [2.75, 3.05) is 11.4 Å². The van der Waals surface area contributed by atoms with E-state index in [-0.39, 0.29) is 16.1 Å². The van der Waals surface area contributed by atoms with E-state index in [4.69, 9.17) is 23.2 Å². The number of pyridine rings is 2. The Balaban J connectivity index is 1.54. The maximum Gasteiger partial charge on any atom is 0.281 e. The van der Waals surface area contributed by atoms with Gasteiger partial charge in [-0.25, -0.2) is 14.7 Å². The summed E-state index contributed by atoms with van der Waals surface area (Å²) >= 11 is 12.5. The van der Waals surface area contributed by atoms with Gasteiger partial charge in [-0.1, -0.05) is 42.3 Å². The van der Waals surface area contributed by atoms with E-state index in [0.29, 0.717) is 40.3 Å². The first kappa shape index (κ1) is 26.4. The monoisotopic (exact) mass is 546 g/mol. The molecule has 36 heavy (non-hydrogen) atoms. The molecule has 0 saturated carbocycles. The first-order chi connectivity index (χ1) is 17.0. The Labute approximate surface area is 221 Å². The van der Waals surface area contributed by atoms with Gasteiger partial charge in [-0.05, 0) is 81.0 Å². The van der Waals surface area contributed by atoms with Crippen LogP contribution < -0.4 is 9.62 Å². The van der Waals surface area contributed by atoms with Crippen molar-refractivity contribution in [3.05, 3.63) is 81.6 Å². The van der Waals surface area contributed by atoms with Gasteiger partial charge in [0.05, 0.1) is 5.56 Å². The molecule has 1 atom stereocenters. The molecule has 10 heteroatoms. The van der Waals surface area contributed by atoms with Crippen molar-refractivity contribution in [3.63, 3.8) is 0 Å². The third-order valence-corrected chi connectivity index (χ3v) is 8.28. The lowest BCUT2D eigenvalue weighted by atomic mass is 9.97. The number of halogens is 2. The molecule has 0 aliphatic carbocycles. The van der Waals surface area contributed by atoms with Gasteiger partial charge in [0, 0.05) is 34.0 Å². The SMILES string of the molecule is CC1CN(c2ncccc2C(=O)NS(=O)(=O)c2cccc(CCc3c(Cl)cccc3Cl)n2)C(C)(C)C1. The number of nitrogens with zero attached hydrogens (tertiary/aromatic N) is 3. The van der Waals surface area contributed by atoms with Gasteiger partial charge < -0.3 is 4.90 Å². The van der Waals surface area contributed by atoms with Crippen LogP contribution in [0.2, 0.25) is 10.0 Å². The number of rotatable bonds is 7. The molecule has 0 radical (unpaired) electrons. The van der Waals surface area contributed by atoms with Gasteiger partial charge in [-0.2, -0.15) is 8.42 Å².